The van der Waals surface area contributed by atoms with Crippen molar-refractivity contribution in [2.45, 2.75) is 26.3 Å². The maximum absolute atomic E-state index is 8.87. The van der Waals surface area contributed by atoms with Gasteiger partial charge in [-0.25, -0.2) is 0 Å². The second-order valence-corrected chi connectivity index (χ2v) is 4.95. The highest BCUT2D eigenvalue weighted by Crippen LogP contribution is 2.18. The van der Waals surface area contributed by atoms with E-state index in [1.807, 2.05) is 0 Å². The fourth-order valence-corrected chi connectivity index (χ4v) is 2.06. The van der Waals surface area contributed by atoms with Crippen molar-refractivity contribution in [3.8, 4) is 0 Å². The van der Waals surface area contributed by atoms with E-state index in [1.165, 1.54) is 0 Å². The molecule has 1 atom stereocenters. The monoisotopic (exact) mass is 186 g/mol. The zero-order chi connectivity index (χ0) is 9.90. The van der Waals surface area contributed by atoms with Gasteiger partial charge in [-0.1, -0.05) is 13.8 Å². The number of aliphatic hydroxyl groups is 1. The highest BCUT2D eigenvalue weighted by atomic mass is 16.3. The summed E-state index contributed by atoms with van der Waals surface area (Å²) in [5.41, 5.74) is 0.346. The molecular formula is C10H22N2O. The Labute approximate surface area is 81.1 Å². The molecule has 13 heavy (non-hydrogen) atoms. The minimum Gasteiger partial charge on any atom is -0.396 e. The lowest BCUT2D eigenvalue weighted by Gasteiger charge is -2.25. The smallest absolute Gasteiger partial charge is 0.0446 e. The number of hydrogen-bond acceptors (Lipinski definition) is 3. The van der Waals surface area contributed by atoms with Crippen LogP contribution in [0.15, 0.2) is 0 Å². The first-order valence-corrected chi connectivity index (χ1v) is 5.06. The highest BCUT2D eigenvalue weighted by Gasteiger charge is 2.26. The van der Waals surface area contributed by atoms with Gasteiger partial charge >= 0.3 is 0 Å². The minimum atomic E-state index is 0.284. The third kappa shape index (κ3) is 3.63. The van der Waals surface area contributed by atoms with E-state index in [9.17, 15) is 0 Å². The molecule has 0 aliphatic carbocycles. The van der Waals surface area contributed by atoms with Gasteiger partial charge in [0, 0.05) is 32.3 Å². The molecule has 0 aromatic heterocycles. The van der Waals surface area contributed by atoms with Crippen LogP contribution in [0.25, 0.3) is 0 Å². The van der Waals surface area contributed by atoms with Crippen LogP contribution in [-0.2, 0) is 0 Å². The summed E-state index contributed by atoms with van der Waals surface area (Å²) in [5.74, 6) is 0. The maximum atomic E-state index is 8.87. The van der Waals surface area contributed by atoms with Gasteiger partial charge in [-0.3, -0.25) is 0 Å². The van der Waals surface area contributed by atoms with Crippen LogP contribution in [0.4, 0.5) is 0 Å². The Morgan fingerprint density at radius 2 is 2.23 bits per heavy atom. The number of rotatable bonds is 2. The number of nitrogens with one attached hydrogen (secondary N) is 1. The van der Waals surface area contributed by atoms with Crippen LogP contribution in [0.5, 0.6) is 0 Å². The molecule has 1 saturated heterocycles. The van der Waals surface area contributed by atoms with Gasteiger partial charge < -0.3 is 15.3 Å². The number of likely N-dealkylation sites (N-methyl/N-ethyl adjacent to an activating group) is 1. The van der Waals surface area contributed by atoms with Crippen LogP contribution in [0, 0.1) is 5.41 Å². The molecule has 1 unspecified atom stereocenters. The largest absolute Gasteiger partial charge is 0.396 e. The minimum absolute atomic E-state index is 0.284. The van der Waals surface area contributed by atoms with E-state index in [4.69, 9.17) is 5.11 Å². The van der Waals surface area contributed by atoms with Crippen LogP contribution in [0.1, 0.15) is 20.3 Å². The highest BCUT2D eigenvalue weighted by molar-refractivity contribution is 4.84. The van der Waals surface area contributed by atoms with Crippen molar-refractivity contribution < 1.29 is 5.11 Å². The second-order valence-electron chi connectivity index (χ2n) is 4.95. The Morgan fingerprint density at radius 1 is 1.54 bits per heavy atom. The third-order valence-electron chi connectivity index (χ3n) is 2.58. The van der Waals surface area contributed by atoms with E-state index in [0.717, 1.165) is 26.1 Å². The zero-order valence-electron chi connectivity index (χ0n) is 9.01. The van der Waals surface area contributed by atoms with Crippen molar-refractivity contribution in [3.63, 3.8) is 0 Å². The lowest BCUT2D eigenvalue weighted by Crippen LogP contribution is -2.37. The summed E-state index contributed by atoms with van der Waals surface area (Å²) in [6.07, 6.45) is 0.862. The van der Waals surface area contributed by atoms with E-state index in [1.54, 1.807) is 0 Å². The third-order valence-corrected chi connectivity index (χ3v) is 2.58. The van der Waals surface area contributed by atoms with Crippen molar-refractivity contribution >= 4 is 0 Å². The molecule has 3 nitrogen and oxygen atoms in total. The molecule has 1 heterocycles. The van der Waals surface area contributed by atoms with Gasteiger partial charge in [0.05, 0.1) is 0 Å². The Morgan fingerprint density at radius 3 is 2.85 bits per heavy atom. The summed E-state index contributed by atoms with van der Waals surface area (Å²) in [5, 5.41) is 12.4. The topological polar surface area (TPSA) is 35.5 Å². The van der Waals surface area contributed by atoms with Gasteiger partial charge in [0.15, 0.2) is 0 Å². The van der Waals surface area contributed by atoms with Crippen molar-refractivity contribution in [2.24, 2.45) is 5.41 Å². The van der Waals surface area contributed by atoms with Crippen LogP contribution in [-0.4, -0.2) is 49.3 Å². The molecule has 3 heteroatoms. The van der Waals surface area contributed by atoms with Gasteiger partial charge in [-0.05, 0) is 18.9 Å². The Balaban J connectivity index is 2.48. The van der Waals surface area contributed by atoms with E-state index >= 15 is 0 Å². The van der Waals surface area contributed by atoms with Gasteiger partial charge in [0.1, 0.15) is 0 Å². The first-order chi connectivity index (χ1) is 6.03. The Kier molecular flexibility index (Phi) is 3.71. The molecule has 2 N–H and O–H groups in total. The average molecular weight is 186 g/mol. The summed E-state index contributed by atoms with van der Waals surface area (Å²) in [6.45, 7) is 8.05. The maximum Gasteiger partial charge on any atom is 0.0446 e. The van der Waals surface area contributed by atoms with Crippen LogP contribution < -0.4 is 5.32 Å². The Hall–Kier alpha value is -0.120. The molecule has 0 radical (unpaired) electrons. The summed E-state index contributed by atoms with van der Waals surface area (Å²) < 4.78 is 0. The van der Waals surface area contributed by atoms with E-state index in [-0.39, 0.29) is 6.61 Å². The lowest BCUT2D eigenvalue weighted by atomic mass is 9.93. The molecule has 78 valence electrons. The van der Waals surface area contributed by atoms with Crippen molar-refractivity contribution in [3.05, 3.63) is 0 Å². The lowest BCUT2D eigenvalue weighted by molar-refractivity contribution is 0.228. The van der Waals surface area contributed by atoms with E-state index in [0.29, 0.717) is 11.5 Å². The van der Waals surface area contributed by atoms with Crippen molar-refractivity contribution in [1.29, 1.82) is 0 Å². The SMILES string of the molecule is CN1CC(CCO)NCC(C)(C)C1. The van der Waals surface area contributed by atoms with Crippen LogP contribution in [0.3, 0.4) is 0 Å². The van der Waals surface area contributed by atoms with Crippen molar-refractivity contribution in [1.82, 2.24) is 10.2 Å². The molecular weight excluding hydrogens is 164 g/mol. The molecule has 0 aromatic carbocycles. The fraction of sp³-hybridized carbons (Fsp3) is 1.00. The van der Waals surface area contributed by atoms with Crippen LogP contribution >= 0.6 is 0 Å². The molecule has 0 spiro atoms. The van der Waals surface area contributed by atoms with E-state index in [2.05, 4.69) is 31.1 Å². The molecule has 0 saturated carbocycles. The molecule has 1 aliphatic heterocycles. The predicted molar refractivity (Wildman–Crippen MR) is 54.8 cm³/mol. The summed E-state index contributed by atoms with van der Waals surface area (Å²) >= 11 is 0. The molecule has 1 rings (SSSR count). The number of hydrogen-bond donors (Lipinski definition) is 2. The first kappa shape index (κ1) is 11.0. The van der Waals surface area contributed by atoms with Gasteiger partial charge in [-0.15, -0.1) is 0 Å². The molecule has 0 amide bonds. The normalized spacial score (nSPS) is 30.0. The quantitative estimate of drug-likeness (QED) is 0.651. The molecule has 1 fully saturated rings. The Bertz CT molecular complexity index is 159. The van der Waals surface area contributed by atoms with Crippen LogP contribution in [0.2, 0.25) is 0 Å². The summed E-state index contributed by atoms with van der Waals surface area (Å²) in [6, 6.07) is 0.455. The fourth-order valence-electron chi connectivity index (χ4n) is 2.06. The average Bonchev–Trinajstić information content (AvgIpc) is 2.10. The zero-order valence-corrected chi connectivity index (χ0v) is 9.01. The van der Waals surface area contributed by atoms with Gasteiger partial charge in [-0.2, -0.15) is 0 Å². The molecule has 0 bridgehead atoms. The number of aliphatic hydroxyl groups excluding tert-OH is 1. The standard InChI is InChI=1S/C10H22N2O/c1-10(2)7-11-9(4-5-13)6-12(3)8-10/h9,11,13H,4-8H2,1-3H3. The number of nitrogens with zero attached hydrogens (tertiary/aromatic N) is 1. The van der Waals surface area contributed by atoms with Crippen molar-refractivity contribution in [2.75, 3.05) is 33.3 Å². The predicted octanol–water partition coefficient (Wildman–Crippen LogP) is 0.299. The summed E-state index contributed by atoms with van der Waals surface area (Å²) in [7, 11) is 2.15. The molecule has 0 aromatic rings. The molecule has 1 aliphatic rings. The van der Waals surface area contributed by atoms with E-state index < -0.39 is 0 Å². The second kappa shape index (κ2) is 4.40. The first-order valence-electron chi connectivity index (χ1n) is 5.06. The van der Waals surface area contributed by atoms with Gasteiger partial charge in [0.25, 0.3) is 0 Å². The van der Waals surface area contributed by atoms with Gasteiger partial charge in [0.2, 0.25) is 0 Å². The summed E-state index contributed by atoms with van der Waals surface area (Å²) in [4.78, 5) is 2.35.